The average molecular weight is 344 g/mol. The number of aromatic nitrogens is 2. The lowest BCUT2D eigenvalue weighted by Crippen LogP contribution is -2.32. The van der Waals surface area contributed by atoms with Gasteiger partial charge in [0, 0.05) is 19.3 Å². The second-order valence-electron chi connectivity index (χ2n) is 3.57. The van der Waals surface area contributed by atoms with Crippen LogP contribution in [0.3, 0.4) is 0 Å². The maximum Gasteiger partial charge on any atom is 0.411 e. The van der Waals surface area contributed by atoms with Crippen molar-refractivity contribution in [2.75, 3.05) is 37.8 Å². The zero-order valence-electron chi connectivity index (χ0n) is 9.90. The molecule has 9 heteroatoms. The quantitative estimate of drug-likeness (QED) is 0.762. The summed E-state index contributed by atoms with van der Waals surface area (Å²) in [5.41, 5.74) is 0. The van der Waals surface area contributed by atoms with Gasteiger partial charge in [-0.2, -0.15) is 13.2 Å². The lowest BCUT2D eigenvalue weighted by atomic mass is 10.4. The van der Waals surface area contributed by atoms with Crippen LogP contribution in [0.1, 0.15) is 0 Å². The maximum atomic E-state index is 11.9. The molecular formula is C10H13BrF3N3O2. The molecule has 1 heterocycles. The molecule has 0 aliphatic carbocycles. The Bertz CT molecular complexity index is 393. The summed E-state index contributed by atoms with van der Waals surface area (Å²) in [6.45, 7) is -1.12. The highest BCUT2D eigenvalue weighted by Crippen LogP contribution is 2.21. The van der Waals surface area contributed by atoms with E-state index >= 15 is 0 Å². The van der Waals surface area contributed by atoms with Crippen LogP contribution in [-0.4, -0.2) is 54.2 Å². The fourth-order valence-electron chi connectivity index (χ4n) is 1.35. The monoisotopic (exact) mass is 343 g/mol. The highest BCUT2D eigenvalue weighted by atomic mass is 79.9. The number of hydrogen-bond acceptors (Lipinski definition) is 5. The van der Waals surface area contributed by atoms with Crippen molar-refractivity contribution in [1.82, 2.24) is 9.97 Å². The normalized spacial score (nSPS) is 11.6. The summed E-state index contributed by atoms with van der Waals surface area (Å²) in [6.07, 6.45) is -1.50. The van der Waals surface area contributed by atoms with Gasteiger partial charge in [-0.05, 0) is 15.9 Å². The molecule has 5 nitrogen and oxygen atoms in total. The van der Waals surface area contributed by atoms with E-state index in [1.165, 1.54) is 12.5 Å². The Hall–Kier alpha value is -0.930. The molecule has 0 atom stereocenters. The van der Waals surface area contributed by atoms with Gasteiger partial charge in [0.1, 0.15) is 18.8 Å². The molecule has 0 saturated heterocycles. The van der Waals surface area contributed by atoms with Crippen LogP contribution in [0, 0.1) is 0 Å². The minimum Gasteiger partial charge on any atom is -0.395 e. The number of ether oxygens (including phenoxy) is 1. The van der Waals surface area contributed by atoms with Crippen molar-refractivity contribution in [2.45, 2.75) is 6.18 Å². The van der Waals surface area contributed by atoms with Crippen molar-refractivity contribution < 1.29 is 23.0 Å². The molecule has 19 heavy (non-hydrogen) atoms. The smallest absolute Gasteiger partial charge is 0.395 e. The fraction of sp³-hybridized carbons (Fsp3) is 0.600. The zero-order valence-corrected chi connectivity index (χ0v) is 11.5. The van der Waals surface area contributed by atoms with Gasteiger partial charge in [-0.25, -0.2) is 9.97 Å². The predicted octanol–water partition coefficient (Wildman–Crippen LogP) is 1.62. The first-order valence-corrected chi connectivity index (χ1v) is 6.19. The van der Waals surface area contributed by atoms with Crippen LogP contribution in [0.25, 0.3) is 0 Å². The van der Waals surface area contributed by atoms with E-state index in [2.05, 4.69) is 30.6 Å². The summed E-state index contributed by atoms with van der Waals surface area (Å²) in [4.78, 5) is 9.41. The molecule has 1 aromatic rings. The Balaban J connectivity index is 2.52. The van der Waals surface area contributed by atoms with Crippen molar-refractivity contribution in [3.8, 4) is 0 Å². The minimum atomic E-state index is -4.34. The number of anilines is 1. The summed E-state index contributed by atoms with van der Waals surface area (Å²) in [6, 6.07) is 0. The van der Waals surface area contributed by atoms with E-state index < -0.39 is 12.8 Å². The Kier molecular flexibility index (Phi) is 6.46. The Labute approximate surface area is 116 Å². The van der Waals surface area contributed by atoms with Crippen LogP contribution >= 0.6 is 15.9 Å². The molecule has 1 rings (SSSR count). The lowest BCUT2D eigenvalue weighted by molar-refractivity contribution is -0.173. The zero-order chi connectivity index (χ0) is 14.3. The number of alkyl halides is 3. The van der Waals surface area contributed by atoms with Gasteiger partial charge >= 0.3 is 6.18 Å². The third kappa shape index (κ3) is 6.17. The van der Waals surface area contributed by atoms with E-state index in [1.807, 2.05) is 0 Å². The van der Waals surface area contributed by atoms with E-state index in [1.54, 1.807) is 4.90 Å². The van der Waals surface area contributed by atoms with Gasteiger partial charge in [-0.15, -0.1) is 0 Å². The van der Waals surface area contributed by atoms with E-state index in [0.29, 0.717) is 10.3 Å². The molecule has 0 fully saturated rings. The van der Waals surface area contributed by atoms with E-state index in [4.69, 9.17) is 5.11 Å². The molecular weight excluding hydrogens is 331 g/mol. The van der Waals surface area contributed by atoms with Gasteiger partial charge in [-0.3, -0.25) is 0 Å². The topological polar surface area (TPSA) is 58.5 Å². The van der Waals surface area contributed by atoms with Crippen LogP contribution in [-0.2, 0) is 4.74 Å². The molecule has 1 N–H and O–H groups in total. The Morgan fingerprint density at radius 1 is 1.37 bits per heavy atom. The first-order chi connectivity index (χ1) is 8.94. The van der Waals surface area contributed by atoms with Gasteiger partial charge in [-0.1, -0.05) is 0 Å². The van der Waals surface area contributed by atoms with Crippen LogP contribution in [0.15, 0.2) is 17.0 Å². The van der Waals surface area contributed by atoms with Gasteiger partial charge < -0.3 is 14.7 Å². The highest BCUT2D eigenvalue weighted by Gasteiger charge is 2.27. The Morgan fingerprint density at radius 3 is 2.68 bits per heavy atom. The van der Waals surface area contributed by atoms with Crippen molar-refractivity contribution >= 4 is 21.7 Å². The molecule has 0 aliphatic heterocycles. The molecule has 0 amide bonds. The van der Waals surface area contributed by atoms with Crippen LogP contribution in [0.5, 0.6) is 0 Å². The van der Waals surface area contributed by atoms with E-state index in [-0.39, 0.29) is 26.3 Å². The van der Waals surface area contributed by atoms with E-state index in [0.717, 1.165) is 0 Å². The summed E-state index contributed by atoms with van der Waals surface area (Å²) < 4.78 is 40.9. The second kappa shape index (κ2) is 7.61. The minimum absolute atomic E-state index is 0.115. The van der Waals surface area contributed by atoms with Crippen molar-refractivity contribution in [3.05, 3.63) is 17.0 Å². The first kappa shape index (κ1) is 16.1. The number of halogens is 4. The molecule has 0 aliphatic rings. The van der Waals surface area contributed by atoms with Gasteiger partial charge in [0.15, 0.2) is 0 Å². The van der Waals surface area contributed by atoms with Crippen LogP contribution in [0.2, 0.25) is 0 Å². The third-order valence-corrected chi connectivity index (χ3v) is 2.65. The average Bonchev–Trinajstić information content (AvgIpc) is 2.33. The van der Waals surface area contributed by atoms with Crippen molar-refractivity contribution in [2.24, 2.45) is 0 Å². The molecule has 0 aromatic carbocycles. The first-order valence-electron chi connectivity index (χ1n) is 5.40. The SMILES string of the molecule is OCCN(CCOCC(F)(F)F)c1ncncc1Br. The molecule has 1 aromatic heterocycles. The van der Waals surface area contributed by atoms with Gasteiger partial charge in [0.2, 0.25) is 0 Å². The molecule has 0 bridgehead atoms. The fourth-order valence-corrected chi connectivity index (χ4v) is 1.82. The number of hydrogen-bond donors (Lipinski definition) is 1. The Morgan fingerprint density at radius 2 is 2.11 bits per heavy atom. The molecule has 0 unspecified atom stereocenters. The standard InChI is InChI=1S/C10H13BrF3N3O2/c11-8-5-15-7-16-9(8)17(1-3-18)2-4-19-6-10(12,13)14/h5,7,18H,1-4,6H2. The summed E-state index contributed by atoms with van der Waals surface area (Å²) in [5.74, 6) is 0.500. The number of aliphatic hydroxyl groups excluding tert-OH is 1. The van der Waals surface area contributed by atoms with Gasteiger partial charge in [0.05, 0.1) is 17.7 Å². The number of nitrogens with zero attached hydrogens (tertiary/aromatic N) is 3. The van der Waals surface area contributed by atoms with Gasteiger partial charge in [0.25, 0.3) is 0 Å². The van der Waals surface area contributed by atoms with E-state index in [9.17, 15) is 13.2 Å². The molecule has 0 saturated carbocycles. The molecule has 108 valence electrons. The summed E-state index contributed by atoms with van der Waals surface area (Å²) in [7, 11) is 0. The van der Waals surface area contributed by atoms with Crippen molar-refractivity contribution in [3.63, 3.8) is 0 Å². The largest absolute Gasteiger partial charge is 0.411 e. The predicted molar refractivity (Wildman–Crippen MR) is 65.9 cm³/mol. The number of rotatable bonds is 7. The van der Waals surface area contributed by atoms with Crippen LogP contribution in [0.4, 0.5) is 19.0 Å². The highest BCUT2D eigenvalue weighted by molar-refractivity contribution is 9.10. The van der Waals surface area contributed by atoms with Crippen molar-refractivity contribution in [1.29, 1.82) is 0 Å². The van der Waals surface area contributed by atoms with Crippen LogP contribution < -0.4 is 4.90 Å². The third-order valence-electron chi connectivity index (χ3n) is 2.09. The summed E-state index contributed by atoms with van der Waals surface area (Å²) in [5, 5.41) is 8.95. The lowest BCUT2D eigenvalue weighted by Gasteiger charge is -2.23. The maximum absolute atomic E-state index is 11.9. The summed E-state index contributed by atoms with van der Waals surface area (Å²) >= 11 is 3.24. The number of aliphatic hydroxyl groups is 1. The second-order valence-corrected chi connectivity index (χ2v) is 4.43. The molecule has 0 radical (unpaired) electrons. The molecule has 0 spiro atoms.